The summed E-state index contributed by atoms with van der Waals surface area (Å²) in [7, 11) is 0. The Bertz CT molecular complexity index is 762. The molecule has 19 heavy (non-hydrogen) atoms. The highest BCUT2D eigenvalue weighted by Gasteiger charge is 2.13. The number of nitrogen functional groups attached to an aromatic ring is 1. The lowest BCUT2D eigenvalue weighted by Crippen LogP contribution is -2.10. The molecule has 0 aliphatic heterocycles. The van der Waals surface area contributed by atoms with Crippen LogP contribution in [-0.2, 0) is 6.54 Å². The maximum atomic E-state index is 11.0. The van der Waals surface area contributed by atoms with Crippen molar-refractivity contribution in [3.63, 3.8) is 0 Å². The standard InChI is InChI=1S/C12H10N4O2S/c13-12-15-9-7(2-1-3-8(9)19-12)6-16-5-4-14-10(16)11(17)18/h1-5H,6H2,(H2,13,15)(H,17,18). The van der Waals surface area contributed by atoms with Crippen LogP contribution in [0.2, 0.25) is 0 Å². The van der Waals surface area contributed by atoms with E-state index < -0.39 is 5.97 Å². The molecular weight excluding hydrogens is 264 g/mol. The average Bonchev–Trinajstić information content (AvgIpc) is 2.95. The van der Waals surface area contributed by atoms with Crippen LogP contribution >= 0.6 is 11.3 Å². The second-order valence-electron chi connectivity index (χ2n) is 4.00. The van der Waals surface area contributed by atoms with E-state index >= 15 is 0 Å². The van der Waals surface area contributed by atoms with Gasteiger partial charge in [0.25, 0.3) is 0 Å². The minimum atomic E-state index is -1.05. The molecule has 2 heterocycles. The molecule has 0 saturated carbocycles. The van der Waals surface area contributed by atoms with E-state index in [-0.39, 0.29) is 5.82 Å². The number of carboxylic acids is 1. The van der Waals surface area contributed by atoms with Crippen LogP contribution < -0.4 is 5.73 Å². The van der Waals surface area contributed by atoms with Gasteiger partial charge in [0.15, 0.2) is 5.13 Å². The number of carbonyl (C=O) groups is 1. The number of benzene rings is 1. The van der Waals surface area contributed by atoms with Gasteiger partial charge in [0, 0.05) is 12.4 Å². The van der Waals surface area contributed by atoms with E-state index in [1.165, 1.54) is 17.5 Å². The Morgan fingerprint density at radius 3 is 3.11 bits per heavy atom. The molecule has 0 aliphatic rings. The lowest BCUT2D eigenvalue weighted by atomic mass is 10.2. The quantitative estimate of drug-likeness (QED) is 0.759. The van der Waals surface area contributed by atoms with Crippen molar-refractivity contribution < 1.29 is 9.90 Å². The van der Waals surface area contributed by atoms with Crippen molar-refractivity contribution in [1.82, 2.24) is 14.5 Å². The number of hydrogen-bond acceptors (Lipinski definition) is 5. The number of hydrogen-bond donors (Lipinski definition) is 2. The predicted molar refractivity (Wildman–Crippen MR) is 72.3 cm³/mol. The van der Waals surface area contributed by atoms with Gasteiger partial charge in [-0.15, -0.1) is 0 Å². The first-order chi connectivity index (χ1) is 9.15. The van der Waals surface area contributed by atoms with Crippen molar-refractivity contribution in [2.45, 2.75) is 6.54 Å². The number of nitrogens with two attached hydrogens (primary N) is 1. The lowest BCUT2D eigenvalue weighted by molar-refractivity contribution is 0.0679. The monoisotopic (exact) mass is 274 g/mol. The van der Waals surface area contributed by atoms with Gasteiger partial charge >= 0.3 is 5.97 Å². The van der Waals surface area contributed by atoms with E-state index in [9.17, 15) is 4.79 Å². The van der Waals surface area contributed by atoms with Crippen molar-refractivity contribution in [1.29, 1.82) is 0 Å². The molecule has 96 valence electrons. The van der Waals surface area contributed by atoms with Crippen LogP contribution in [0.1, 0.15) is 16.2 Å². The molecule has 0 aliphatic carbocycles. The zero-order valence-corrected chi connectivity index (χ0v) is 10.6. The van der Waals surface area contributed by atoms with Crippen LogP contribution in [0.15, 0.2) is 30.6 Å². The third-order valence-corrected chi connectivity index (χ3v) is 3.62. The smallest absolute Gasteiger partial charge is 0.372 e. The van der Waals surface area contributed by atoms with E-state index in [0.29, 0.717) is 11.7 Å². The number of anilines is 1. The summed E-state index contributed by atoms with van der Waals surface area (Å²) in [4.78, 5) is 19.1. The van der Waals surface area contributed by atoms with Gasteiger partial charge in [-0.25, -0.2) is 14.8 Å². The number of aromatic carboxylic acids is 1. The van der Waals surface area contributed by atoms with E-state index in [4.69, 9.17) is 10.8 Å². The normalized spacial score (nSPS) is 10.9. The van der Waals surface area contributed by atoms with Crippen LogP contribution in [0, 0.1) is 0 Å². The van der Waals surface area contributed by atoms with Crippen LogP contribution in [0.5, 0.6) is 0 Å². The molecule has 0 spiro atoms. The van der Waals surface area contributed by atoms with Crippen LogP contribution in [0.25, 0.3) is 10.2 Å². The molecule has 3 N–H and O–H groups in total. The van der Waals surface area contributed by atoms with Gasteiger partial charge in [-0.05, 0) is 11.6 Å². The van der Waals surface area contributed by atoms with Gasteiger partial charge in [-0.2, -0.15) is 0 Å². The molecular formula is C12H10N4O2S. The first-order valence-corrected chi connectivity index (χ1v) is 6.35. The van der Waals surface area contributed by atoms with Gasteiger partial charge in [-0.1, -0.05) is 23.5 Å². The number of para-hydroxylation sites is 1. The minimum Gasteiger partial charge on any atom is -0.475 e. The molecule has 0 bridgehead atoms. The topological polar surface area (TPSA) is 94.0 Å². The van der Waals surface area contributed by atoms with Crippen LogP contribution in [-0.4, -0.2) is 25.6 Å². The zero-order chi connectivity index (χ0) is 13.4. The van der Waals surface area contributed by atoms with E-state index in [2.05, 4.69) is 9.97 Å². The molecule has 3 rings (SSSR count). The van der Waals surface area contributed by atoms with Gasteiger partial charge < -0.3 is 15.4 Å². The number of fused-ring (bicyclic) bond motifs is 1. The van der Waals surface area contributed by atoms with Crippen LogP contribution in [0.4, 0.5) is 5.13 Å². The Kier molecular flexibility index (Phi) is 2.68. The second kappa shape index (κ2) is 4.36. The molecule has 3 aromatic rings. The zero-order valence-electron chi connectivity index (χ0n) is 9.78. The summed E-state index contributed by atoms with van der Waals surface area (Å²) in [6, 6.07) is 5.76. The highest BCUT2D eigenvalue weighted by molar-refractivity contribution is 7.22. The van der Waals surface area contributed by atoms with Crippen molar-refractivity contribution in [3.05, 3.63) is 42.0 Å². The Hall–Kier alpha value is -2.41. The highest BCUT2D eigenvalue weighted by atomic mass is 32.1. The van der Waals surface area contributed by atoms with Crippen molar-refractivity contribution in [2.24, 2.45) is 0 Å². The van der Waals surface area contributed by atoms with Gasteiger partial charge in [0.1, 0.15) is 0 Å². The highest BCUT2D eigenvalue weighted by Crippen LogP contribution is 2.26. The fourth-order valence-corrected chi connectivity index (χ4v) is 2.75. The fourth-order valence-electron chi connectivity index (χ4n) is 1.97. The summed E-state index contributed by atoms with van der Waals surface area (Å²) in [5.74, 6) is -1.03. The van der Waals surface area contributed by atoms with Crippen molar-refractivity contribution >= 4 is 32.7 Å². The maximum absolute atomic E-state index is 11.0. The fraction of sp³-hybridized carbons (Fsp3) is 0.0833. The minimum absolute atomic E-state index is 0.0141. The third kappa shape index (κ3) is 2.04. The molecule has 1 aromatic carbocycles. The van der Waals surface area contributed by atoms with E-state index in [1.807, 2.05) is 18.2 Å². The number of carboxylic acid groups (broad SMARTS) is 1. The van der Waals surface area contributed by atoms with Crippen LogP contribution in [0.3, 0.4) is 0 Å². The summed E-state index contributed by atoms with van der Waals surface area (Å²) >= 11 is 1.41. The molecule has 0 amide bonds. The molecule has 2 aromatic heterocycles. The third-order valence-electron chi connectivity index (χ3n) is 2.77. The Morgan fingerprint density at radius 1 is 1.47 bits per heavy atom. The first kappa shape index (κ1) is 11.7. The summed E-state index contributed by atoms with van der Waals surface area (Å²) < 4.78 is 2.57. The van der Waals surface area contributed by atoms with E-state index in [1.54, 1.807) is 10.8 Å². The first-order valence-electron chi connectivity index (χ1n) is 5.53. The van der Waals surface area contributed by atoms with Gasteiger partial charge in [0.2, 0.25) is 5.82 Å². The number of thiazole rings is 1. The summed E-state index contributed by atoms with van der Waals surface area (Å²) in [6.07, 6.45) is 3.11. The molecule has 0 fully saturated rings. The summed E-state index contributed by atoms with van der Waals surface area (Å²) in [5.41, 5.74) is 7.44. The molecule has 7 heteroatoms. The maximum Gasteiger partial charge on any atom is 0.372 e. The van der Waals surface area contributed by atoms with E-state index in [0.717, 1.165) is 15.8 Å². The average molecular weight is 274 g/mol. The Morgan fingerprint density at radius 2 is 2.32 bits per heavy atom. The van der Waals surface area contributed by atoms with Crippen molar-refractivity contribution in [2.75, 3.05) is 5.73 Å². The SMILES string of the molecule is Nc1nc2c(Cn3ccnc3C(=O)O)cccc2s1. The lowest BCUT2D eigenvalue weighted by Gasteiger charge is -2.05. The number of imidazole rings is 1. The van der Waals surface area contributed by atoms with Gasteiger partial charge in [0.05, 0.1) is 16.8 Å². The molecule has 0 unspecified atom stereocenters. The van der Waals surface area contributed by atoms with Crippen molar-refractivity contribution in [3.8, 4) is 0 Å². The second-order valence-corrected chi connectivity index (χ2v) is 5.06. The number of rotatable bonds is 3. The molecule has 0 saturated heterocycles. The Balaban J connectivity index is 2.05. The summed E-state index contributed by atoms with van der Waals surface area (Å²) in [5, 5.41) is 9.54. The molecule has 0 radical (unpaired) electrons. The molecule has 0 atom stereocenters. The van der Waals surface area contributed by atoms with Gasteiger partial charge in [-0.3, -0.25) is 0 Å². The Labute approximate surface area is 112 Å². The predicted octanol–water partition coefficient (Wildman–Crippen LogP) is 1.82. The number of aromatic nitrogens is 3. The summed E-state index contributed by atoms with van der Waals surface area (Å²) in [6.45, 7) is 0.405. The molecule has 6 nitrogen and oxygen atoms in total. The largest absolute Gasteiger partial charge is 0.475 e. The number of nitrogens with zero attached hydrogens (tertiary/aromatic N) is 3.